The molecule has 0 saturated carbocycles. The largest absolute Gasteiger partial charge is 0.360 e. The molecule has 0 fully saturated rings. The first-order valence-corrected chi connectivity index (χ1v) is 11.5. The van der Waals surface area contributed by atoms with Gasteiger partial charge in [0.15, 0.2) is 10.9 Å². The summed E-state index contributed by atoms with van der Waals surface area (Å²) in [5.41, 5.74) is 3.11. The summed E-state index contributed by atoms with van der Waals surface area (Å²) in [6.45, 7) is 7.80. The summed E-state index contributed by atoms with van der Waals surface area (Å²) in [5.74, 6) is 1.17. The number of hydrogen-bond donors (Lipinski definition) is 2. The first-order valence-electron chi connectivity index (χ1n) is 9.53. The van der Waals surface area contributed by atoms with Crippen LogP contribution in [0.3, 0.4) is 0 Å². The molecule has 2 amide bonds. The van der Waals surface area contributed by atoms with Gasteiger partial charge in [-0.1, -0.05) is 43.3 Å². The van der Waals surface area contributed by atoms with Gasteiger partial charge in [-0.3, -0.25) is 9.59 Å². The van der Waals surface area contributed by atoms with Gasteiger partial charge in [-0.25, -0.2) is 4.98 Å². The molecule has 9 heteroatoms. The minimum Gasteiger partial charge on any atom is -0.360 e. The van der Waals surface area contributed by atoms with E-state index >= 15 is 0 Å². The lowest BCUT2D eigenvalue weighted by Crippen LogP contribution is -2.25. The van der Waals surface area contributed by atoms with Crippen LogP contribution in [0.2, 0.25) is 0 Å². The van der Waals surface area contributed by atoms with Crippen LogP contribution in [-0.4, -0.2) is 33.0 Å². The number of hydrogen-bond acceptors (Lipinski definition) is 7. The van der Waals surface area contributed by atoms with Crippen molar-refractivity contribution >= 4 is 45.9 Å². The predicted molar refractivity (Wildman–Crippen MR) is 122 cm³/mol. The molecule has 30 heavy (non-hydrogen) atoms. The molecule has 0 aliphatic rings. The molecule has 0 bridgehead atoms. The van der Waals surface area contributed by atoms with Crippen molar-refractivity contribution in [2.75, 3.05) is 16.4 Å². The standard InChI is InChI=1S/C21H24N4O3S2/c1-12(2)15-5-7-16(8-6-15)17-10-30-21(22-17)24-19(26)11-29-14(4)20(27)23-18-9-13(3)28-25-18/h5-10,12,14H,11H2,1-4H3,(H,22,24,26)(H,23,25,27). The Hall–Kier alpha value is -2.65. The van der Waals surface area contributed by atoms with Crippen LogP contribution in [-0.2, 0) is 9.59 Å². The number of anilines is 2. The first kappa shape index (κ1) is 22.0. The highest BCUT2D eigenvalue weighted by molar-refractivity contribution is 8.01. The summed E-state index contributed by atoms with van der Waals surface area (Å²) in [6.07, 6.45) is 0. The Labute approximate surface area is 183 Å². The van der Waals surface area contributed by atoms with Gasteiger partial charge < -0.3 is 15.2 Å². The second-order valence-corrected chi connectivity index (χ2v) is 9.32. The Balaban J connectivity index is 1.48. The van der Waals surface area contributed by atoms with E-state index in [1.807, 2.05) is 17.5 Å². The van der Waals surface area contributed by atoms with E-state index < -0.39 is 5.25 Å². The Morgan fingerprint density at radius 1 is 1.17 bits per heavy atom. The number of benzene rings is 1. The minimum absolute atomic E-state index is 0.143. The molecular weight excluding hydrogens is 420 g/mol. The van der Waals surface area contributed by atoms with Gasteiger partial charge in [0.2, 0.25) is 11.8 Å². The average molecular weight is 445 g/mol. The Bertz CT molecular complexity index is 1010. The summed E-state index contributed by atoms with van der Waals surface area (Å²) >= 11 is 2.62. The van der Waals surface area contributed by atoms with Gasteiger partial charge in [0, 0.05) is 17.0 Å². The fourth-order valence-corrected chi connectivity index (χ4v) is 4.01. The van der Waals surface area contributed by atoms with Crippen LogP contribution in [0.1, 0.15) is 38.0 Å². The number of nitrogens with one attached hydrogen (secondary N) is 2. The fourth-order valence-electron chi connectivity index (χ4n) is 2.59. The van der Waals surface area contributed by atoms with Crippen LogP contribution in [0, 0.1) is 6.92 Å². The number of carbonyl (C=O) groups excluding carboxylic acids is 2. The topological polar surface area (TPSA) is 97.1 Å². The number of rotatable bonds is 8. The number of aryl methyl sites for hydroxylation is 1. The zero-order valence-electron chi connectivity index (χ0n) is 17.3. The molecule has 1 aromatic carbocycles. The predicted octanol–water partition coefficient (Wildman–Crippen LogP) is 4.93. The molecule has 0 saturated heterocycles. The first-order chi connectivity index (χ1) is 14.3. The Kier molecular flexibility index (Phi) is 7.28. The Morgan fingerprint density at radius 3 is 2.53 bits per heavy atom. The zero-order chi connectivity index (χ0) is 21.7. The van der Waals surface area contributed by atoms with Gasteiger partial charge in [0.1, 0.15) is 5.76 Å². The third kappa shape index (κ3) is 5.93. The second kappa shape index (κ2) is 9.90. The summed E-state index contributed by atoms with van der Waals surface area (Å²) in [5, 5.41) is 11.2. The highest BCUT2D eigenvalue weighted by Gasteiger charge is 2.17. The smallest absolute Gasteiger partial charge is 0.238 e. The molecule has 0 spiro atoms. The van der Waals surface area contributed by atoms with Crippen LogP contribution in [0.15, 0.2) is 40.2 Å². The molecule has 0 radical (unpaired) electrons. The molecule has 2 heterocycles. The average Bonchev–Trinajstić information content (AvgIpc) is 3.35. The van der Waals surface area contributed by atoms with Crippen molar-refractivity contribution in [3.63, 3.8) is 0 Å². The van der Waals surface area contributed by atoms with E-state index in [9.17, 15) is 9.59 Å². The van der Waals surface area contributed by atoms with E-state index in [4.69, 9.17) is 4.52 Å². The van der Waals surface area contributed by atoms with Gasteiger partial charge >= 0.3 is 0 Å². The maximum atomic E-state index is 12.2. The quantitative estimate of drug-likeness (QED) is 0.511. The number of thioether (sulfide) groups is 1. The van der Waals surface area contributed by atoms with E-state index in [0.29, 0.717) is 22.6 Å². The normalized spacial score (nSPS) is 12.0. The lowest BCUT2D eigenvalue weighted by molar-refractivity contribution is -0.115. The van der Waals surface area contributed by atoms with Crippen LogP contribution in [0.4, 0.5) is 10.9 Å². The molecule has 3 aromatic rings. The second-order valence-electron chi connectivity index (χ2n) is 7.13. The Morgan fingerprint density at radius 2 is 1.90 bits per heavy atom. The van der Waals surface area contributed by atoms with Crippen LogP contribution in [0.25, 0.3) is 11.3 Å². The molecule has 2 N–H and O–H groups in total. The molecule has 7 nitrogen and oxygen atoms in total. The number of nitrogens with zero attached hydrogens (tertiary/aromatic N) is 2. The number of aromatic nitrogens is 2. The minimum atomic E-state index is -0.418. The maximum absolute atomic E-state index is 12.2. The third-order valence-electron chi connectivity index (χ3n) is 4.34. The number of amides is 2. The third-order valence-corrected chi connectivity index (χ3v) is 6.24. The van der Waals surface area contributed by atoms with Gasteiger partial charge in [0.05, 0.1) is 16.7 Å². The SMILES string of the molecule is Cc1cc(NC(=O)C(C)SCC(=O)Nc2nc(-c3ccc(C(C)C)cc3)cs2)no1. The van der Waals surface area contributed by atoms with E-state index in [-0.39, 0.29) is 17.6 Å². The van der Waals surface area contributed by atoms with Crippen molar-refractivity contribution in [1.29, 1.82) is 0 Å². The van der Waals surface area contributed by atoms with Gasteiger partial charge in [-0.15, -0.1) is 23.1 Å². The van der Waals surface area contributed by atoms with Crippen LogP contribution < -0.4 is 10.6 Å². The lowest BCUT2D eigenvalue weighted by atomic mass is 10.0. The van der Waals surface area contributed by atoms with Gasteiger partial charge in [-0.05, 0) is 25.3 Å². The molecular formula is C21H24N4O3S2. The molecule has 2 aromatic heterocycles. The summed E-state index contributed by atoms with van der Waals surface area (Å²) < 4.78 is 4.92. The zero-order valence-corrected chi connectivity index (χ0v) is 18.9. The van der Waals surface area contributed by atoms with E-state index in [0.717, 1.165) is 11.3 Å². The van der Waals surface area contributed by atoms with E-state index in [1.54, 1.807) is 19.9 Å². The fraction of sp³-hybridized carbons (Fsp3) is 0.333. The van der Waals surface area contributed by atoms with Crippen molar-refractivity contribution in [3.05, 3.63) is 47.0 Å². The molecule has 1 unspecified atom stereocenters. The van der Waals surface area contributed by atoms with Crippen molar-refractivity contribution in [1.82, 2.24) is 10.1 Å². The summed E-state index contributed by atoms with van der Waals surface area (Å²) in [4.78, 5) is 28.9. The summed E-state index contributed by atoms with van der Waals surface area (Å²) in [7, 11) is 0. The highest BCUT2D eigenvalue weighted by Crippen LogP contribution is 2.26. The van der Waals surface area contributed by atoms with Crippen LogP contribution >= 0.6 is 23.1 Å². The number of thiazole rings is 1. The molecule has 158 valence electrons. The lowest BCUT2D eigenvalue weighted by Gasteiger charge is -2.09. The van der Waals surface area contributed by atoms with Crippen LogP contribution in [0.5, 0.6) is 0 Å². The molecule has 0 aliphatic heterocycles. The molecule has 0 aliphatic carbocycles. The van der Waals surface area contributed by atoms with Gasteiger partial charge in [-0.2, -0.15) is 0 Å². The van der Waals surface area contributed by atoms with E-state index in [1.165, 1.54) is 28.7 Å². The summed E-state index contributed by atoms with van der Waals surface area (Å²) in [6, 6.07) is 9.92. The monoisotopic (exact) mass is 444 g/mol. The molecule has 3 rings (SSSR count). The highest BCUT2D eigenvalue weighted by atomic mass is 32.2. The number of carbonyl (C=O) groups is 2. The van der Waals surface area contributed by atoms with Gasteiger partial charge in [0.25, 0.3) is 0 Å². The maximum Gasteiger partial charge on any atom is 0.238 e. The van der Waals surface area contributed by atoms with E-state index in [2.05, 4.69) is 46.8 Å². The van der Waals surface area contributed by atoms with Crippen molar-refractivity contribution in [2.45, 2.75) is 38.9 Å². The molecule has 1 atom stereocenters. The van der Waals surface area contributed by atoms with Crippen molar-refractivity contribution in [3.8, 4) is 11.3 Å². The van der Waals surface area contributed by atoms with Crippen molar-refractivity contribution < 1.29 is 14.1 Å². The van der Waals surface area contributed by atoms with Crippen molar-refractivity contribution in [2.24, 2.45) is 0 Å².